The third-order valence-electron chi connectivity index (χ3n) is 2.76. The molecule has 0 unspecified atom stereocenters. The van der Waals surface area contributed by atoms with Crippen LogP contribution in [0.3, 0.4) is 0 Å². The fourth-order valence-corrected chi connectivity index (χ4v) is 1.75. The standard InChI is InChI=1S/C11H13N3/c12-5-8-1-4-11-13-10(9-2-3-9)7-14(11)6-8/h1,4,6-7,9H,2-3,5,12H2. The summed E-state index contributed by atoms with van der Waals surface area (Å²) in [7, 11) is 0. The first-order chi connectivity index (χ1) is 6.86. The third-order valence-corrected chi connectivity index (χ3v) is 2.76. The number of fused-ring (bicyclic) bond motifs is 1. The van der Waals surface area contributed by atoms with Crippen molar-refractivity contribution in [3.8, 4) is 0 Å². The molecule has 2 aromatic rings. The van der Waals surface area contributed by atoms with Gasteiger partial charge in [0.2, 0.25) is 0 Å². The van der Waals surface area contributed by atoms with Gasteiger partial charge in [-0.05, 0) is 24.5 Å². The van der Waals surface area contributed by atoms with Crippen LogP contribution in [0, 0.1) is 0 Å². The summed E-state index contributed by atoms with van der Waals surface area (Å²) in [6, 6.07) is 4.08. The Morgan fingerprint density at radius 2 is 2.21 bits per heavy atom. The number of hydrogen-bond acceptors (Lipinski definition) is 2. The molecule has 0 aromatic carbocycles. The maximum atomic E-state index is 5.59. The monoisotopic (exact) mass is 187 g/mol. The third kappa shape index (κ3) is 1.21. The fourth-order valence-electron chi connectivity index (χ4n) is 1.75. The summed E-state index contributed by atoms with van der Waals surface area (Å²) in [4.78, 5) is 4.57. The van der Waals surface area contributed by atoms with Crippen LogP contribution in [0.5, 0.6) is 0 Å². The van der Waals surface area contributed by atoms with Crippen molar-refractivity contribution in [1.82, 2.24) is 9.38 Å². The number of aromatic nitrogens is 2. The topological polar surface area (TPSA) is 43.3 Å². The predicted molar refractivity (Wildman–Crippen MR) is 55.1 cm³/mol. The summed E-state index contributed by atoms with van der Waals surface area (Å²) >= 11 is 0. The molecule has 14 heavy (non-hydrogen) atoms. The minimum absolute atomic E-state index is 0.590. The van der Waals surface area contributed by atoms with E-state index in [1.807, 2.05) is 12.1 Å². The van der Waals surface area contributed by atoms with Gasteiger partial charge in [-0.1, -0.05) is 6.07 Å². The number of nitrogens with two attached hydrogens (primary N) is 1. The SMILES string of the molecule is NCc1ccc2nc(C3CC3)cn2c1. The number of imidazole rings is 1. The zero-order valence-corrected chi connectivity index (χ0v) is 7.98. The van der Waals surface area contributed by atoms with E-state index >= 15 is 0 Å². The van der Waals surface area contributed by atoms with E-state index in [0.717, 1.165) is 17.1 Å². The first kappa shape index (κ1) is 8.00. The van der Waals surface area contributed by atoms with Crippen molar-refractivity contribution >= 4 is 5.65 Å². The van der Waals surface area contributed by atoms with Gasteiger partial charge in [-0.15, -0.1) is 0 Å². The van der Waals surface area contributed by atoms with Crippen molar-refractivity contribution < 1.29 is 0 Å². The Bertz CT molecular complexity index is 468. The molecule has 3 rings (SSSR count). The molecule has 72 valence electrons. The normalized spacial score (nSPS) is 16.4. The van der Waals surface area contributed by atoms with E-state index in [2.05, 4.69) is 21.8 Å². The maximum Gasteiger partial charge on any atom is 0.137 e. The van der Waals surface area contributed by atoms with E-state index in [1.165, 1.54) is 18.5 Å². The Labute approximate surface area is 82.6 Å². The van der Waals surface area contributed by atoms with Gasteiger partial charge in [-0.3, -0.25) is 0 Å². The lowest BCUT2D eigenvalue weighted by molar-refractivity contribution is 1.02. The van der Waals surface area contributed by atoms with E-state index in [0.29, 0.717) is 6.54 Å². The van der Waals surface area contributed by atoms with Crippen molar-refractivity contribution in [2.45, 2.75) is 25.3 Å². The number of nitrogens with zero attached hydrogens (tertiary/aromatic N) is 2. The first-order valence-electron chi connectivity index (χ1n) is 5.04. The smallest absolute Gasteiger partial charge is 0.137 e. The molecular weight excluding hydrogens is 174 g/mol. The van der Waals surface area contributed by atoms with E-state index in [-0.39, 0.29) is 0 Å². The minimum atomic E-state index is 0.590. The molecule has 0 amide bonds. The van der Waals surface area contributed by atoms with Crippen molar-refractivity contribution in [3.63, 3.8) is 0 Å². The molecule has 3 nitrogen and oxygen atoms in total. The van der Waals surface area contributed by atoms with Crippen LogP contribution in [0.1, 0.15) is 30.0 Å². The van der Waals surface area contributed by atoms with Gasteiger partial charge in [0, 0.05) is 24.9 Å². The summed E-state index contributed by atoms with van der Waals surface area (Å²) in [5, 5.41) is 0. The highest BCUT2D eigenvalue weighted by atomic mass is 15.0. The highest BCUT2D eigenvalue weighted by molar-refractivity contribution is 5.42. The van der Waals surface area contributed by atoms with E-state index in [1.54, 1.807) is 0 Å². The average molecular weight is 187 g/mol. The van der Waals surface area contributed by atoms with Crippen LogP contribution in [0.15, 0.2) is 24.5 Å². The second-order valence-electron chi connectivity index (χ2n) is 3.95. The largest absolute Gasteiger partial charge is 0.326 e. The van der Waals surface area contributed by atoms with Crippen LogP contribution in [0.2, 0.25) is 0 Å². The second kappa shape index (κ2) is 2.82. The van der Waals surface area contributed by atoms with E-state index in [9.17, 15) is 0 Å². The van der Waals surface area contributed by atoms with Crippen LogP contribution in [-0.4, -0.2) is 9.38 Å². The van der Waals surface area contributed by atoms with Gasteiger partial charge < -0.3 is 10.1 Å². The Kier molecular flexibility index (Phi) is 1.61. The highest BCUT2D eigenvalue weighted by Gasteiger charge is 2.25. The van der Waals surface area contributed by atoms with Gasteiger partial charge in [0.15, 0.2) is 0 Å². The molecule has 2 N–H and O–H groups in total. The molecule has 0 spiro atoms. The summed E-state index contributed by atoms with van der Waals surface area (Å²) in [6.07, 6.45) is 6.79. The van der Waals surface area contributed by atoms with Crippen LogP contribution >= 0.6 is 0 Å². The maximum absolute atomic E-state index is 5.59. The molecular formula is C11H13N3. The molecule has 0 saturated heterocycles. The molecule has 1 aliphatic rings. The van der Waals surface area contributed by atoms with Gasteiger partial charge in [0.05, 0.1) is 5.69 Å². The summed E-state index contributed by atoms with van der Waals surface area (Å²) in [6.45, 7) is 0.590. The number of hydrogen-bond donors (Lipinski definition) is 1. The summed E-state index contributed by atoms with van der Waals surface area (Å²) < 4.78 is 2.08. The molecule has 1 saturated carbocycles. The van der Waals surface area contributed by atoms with Crippen molar-refractivity contribution in [2.24, 2.45) is 5.73 Å². The highest BCUT2D eigenvalue weighted by Crippen LogP contribution is 2.39. The van der Waals surface area contributed by atoms with Crippen molar-refractivity contribution in [2.75, 3.05) is 0 Å². The fraction of sp³-hybridized carbons (Fsp3) is 0.364. The zero-order valence-electron chi connectivity index (χ0n) is 7.98. The molecule has 0 radical (unpaired) electrons. The summed E-state index contributed by atoms with van der Waals surface area (Å²) in [5.74, 6) is 0.719. The van der Waals surface area contributed by atoms with Crippen LogP contribution < -0.4 is 5.73 Å². The first-order valence-corrected chi connectivity index (χ1v) is 5.04. The Morgan fingerprint density at radius 1 is 1.36 bits per heavy atom. The van der Waals surface area contributed by atoms with Crippen LogP contribution in [0.25, 0.3) is 5.65 Å². The summed E-state index contributed by atoms with van der Waals surface area (Å²) in [5.41, 5.74) is 9.00. The number of rotatable bonds is 2. The molecule has 2 aromatic heterocycles. The lowest BCUT2D eigenvalue weighted by atomic mass is 10.3. The zero-order chi connectivity index (χ0) is 9.54. The Hall–Kier alpha value is -1.35. The molecule has 2 heterocycles. The molecule has 1 fully saturated rings. The van der Waals surface area contributed by atoms with Crippen molar-refractivity contribution in [3.05, 3.63) is 35.8 Å². The van der Waals surface area contributed by atoms with E-state index < -0.39 is 0 Å². The molecule has 0 aliphatic heterocycles. The molecule has 3 heteroatoms. The van der Waals surface area contributed by atoms with Gasteiger partial charge in [-0.25, -0.2) is 4.98 Å². The van der Waals surface area contributed by atoms with Crippen LogP contribution in [-0.2, 0) is 6.54 Å². The predicted octanol–water partition coefficient (Wildman–Crippen LogP) is 1.67. The Morgan fingerprint density at radius 3 is 2.93 bits per heavy atom. The lowest BCUT2D eigenvalue weighted by Crippen LogP contribution is -1.97. The van der Waals surface area contributed by atoms with Gasteiger partial charge >= 0.3 is 0 Å². The molecule has 0 bridgehead atoms. The van der Waals surface area contributed by atoms with Gasteiger partial charge in [0.25, 0.3) is 0 Å². The molecule has 0 atom stereocenters. The molecule has 1 aliphatic carbocycles. The van der Waals surface area contributed by atoms with Gasteiger partial charge in [-0.2, -0.15) is 0 Å². The number of pyridine rings is 1. The Balaban J connectivity index is 2.12. The van der Waals surface area contributed by atoms with Crippen LogP contribution in [0.4, 0.5) is 0 Å². The lowest BCUT2D eigenvalue weighted by Gasteiger charge is -1.96. The van der Waals surface area contributed by atoms with Gasteiger partial charge in [0.1, 0.15) is 5.65 Å². The minimum Gasteiger partial charge on any atom is -0.326 e. The van der Waals surface area contributed by atoms with E-state index in [4.69, 9.17) is 5.73 Å². The van der Waals surface area contributed by atoms with Crippen molar-refractivity contribution in [1.29, 1.82) is 0 Å². The quantitative estimate of drug-likeness (QED) is 0.777. The average Bonchev–Trinajstić information content (AvgIpc) is 2.97. The second-order valence-corrected chi connectivity index (χ2v) is 3.95.